The molecule has 5 nitrogen and oxygen atoms in total. The first kappa shape index (κ1) is 18.6. The minimum atomic E-state index is -0.304. The maximum atomic E-state index is 12.5. The molecule has 138 valence electrons. The summed E-state index contributed by atoms with van der Waals surface area (Å²) in [6, 6.07) is 16.9. The molecule has 3 rings (SSSR count). The minimum absolute atomic E-state index is 0.129. The van der Waals surface area contributed by atoms with E-state index in [0.717, 1.165) is 34.4 Å². The average Bonchev–Trinajstić information content (AvgIpc) is 2.66. The van der Waals surface area contributed by atoms with Gasteiger partial charge in [0.15, 0.2) is 0 Å². The van der Waals surface area contributed by atoms with Crippen molar-refractivity contribution in [2.75, 3.05) is 5.32 Å². The van der Waals surface area contributed by atoms with Crippen molar-refractivity contribution in [3.8, 4) is 11.3 Å². The van der Waals surface area contributed by atoms with E-state index in [1.54, 1.807) is 6.07 Å². The lowest BCUT2D eigenvalue weighted by Crippen LogP contribution is -2.29. The molecule has 3 aromatic rings. The highest BCUT2D eigenvalue weighted by Gasteiger charge is 2.11. The number of para-hydroxylation sites is 1. The highest BCUT2D eigenvalue weighted by atomic mass is 16.2. The minimum Gasteiger partial charge on any atom is -0.324 e. The van der Waals surface area contributed by atoms with Crippen LogP contribution in [0.5, 0.6) is 0 Å². The zero-order chi connectivity index (χ0) is 19.4. The fraction of sp³-hybridized carbons (Fsp3) is 0.227. The normalized spacial score (nSPS) is 10.6. The molecule has 5 heteroatoms. The summed E-state index contributed by atoms with van der Waals surface area (Å²) in [5.74, 6) is -0.269. The van der Waals surface area contributed by atoms with Gasteiger partial charge in [0.1, 0.15) is 6.54 Å². The summed E-state index contributed by atoms with van der Waals surface area (Å²) >= 11 is 0. The van der Waals surface area contributed by atoms with Gasteiger partial charge in [0.25, 0.3) is 5.56 Å². The Morgan fingerprint density at radius 1 is 1.04 bits per heavy atom. The molecular formula is C22H23N3O2. The number of aromatic nitrogens is 2. The molecule has 0 saturated carbocycles. The third-order valence-electron chi connectivity index (χ3n) is 4.51. The predicted octanol–water partition coefficient (Wildman–Crippen LogP) is 3.73. The Hall–Kier alpha value is -3.21. The maximum absolute atomic E-state index is 12.5. The number of hydrogen-bond donors (Lipinski definition) is 1. The number of nitrogens with one attached hydrogen (secondary N) is 1. The monoisotopic (exact) mass is 361 g/mol. The number of carbonyl (C=O) groups excluding carboxylic acids is 1. The number of hydrogen-bond acceptors (Lipinski definition) is 3. The first-order valence-electron chi connectivity index (χ1n) is 9.01. The van der Waals surface area contributed by atoms with Gasteiger partial charge in [-0.3, -0.25) is 9.59 Å². The van der Waals surface area contributed by atoms with E-state index in [4.69, 9.17) is 0 Å². The standard InChI is InChI=1S/C22H23N3O2/c1-4-17-7-5-6-16(3)22(17)23-20(26)14-25-21(27)13-12-19(24-25)18-10-8-15(2)9-11-18/h5-13H,4,14H2,1-3H3,(H,23,26). The molecule has 1 N–H and O–H groups in total. The summed E-state index contributed by atoms with van der Waals surface area (Å²) in [5.41, 5.74) is 5.29. The maximum Gasteiger partial charge on any atom is 0.267 e. The number of carbonyl (C=O) groups is 1. The summed E-state index contributed by atoms with van der Waals surface area (Å²) in [6.07, 6.45) is 0.818. The molecule has 1 amide bonds. The van der Waals surface area contributed by atoms with Crippen LogP contribution in [0.15, 0.2) is 59.4 Å². The van der Waals surface area contributed by atoms with Crippen molar-refractivity contribution in [1.29, 1.82) is 0 Å². The van der Waals surface area contributed by atoms with Gasteiger partial charge >= 0.3 is 0 Å². The van der Waals surface area contributed by atoms with Crippen LogP contribution in [0.1, 0.15) is 23.6 Å². The van der Waals surface area contributed by atoms with Crippen molar-refractivity contribution in [1.82, 2.24) is 9.78 Å². The second-order valence-corrected chi connectivity index (χ2v) is 6.59. The van der Waals surface area contributed by atoms with E-state index in [1.807, 2.05) is 63.2 Å². The van der Waals surface area contributed by atoms with Gasteiger partial charge in [0, 0.05) is 17.3 Å². The van der Waals surface area contributed by atoms with Gasteiger partial charge in [-0.25, -0.2) is 4.68 Å². The van der Waals surface area contributed by atoms with Gasteiger partial charge in [-0.2, -0.15) is 5.10 Å². The van der Waals surface area contributed by atoms with Gasteiger partial charge < -0.3 is 5.32 Å². The van der Waals surface area contributed by atoms with Crippen molar-refractivity contribution in [3.05, 3.63) is 81.6 Å². The van der Waals surface area contributed by atoms with Crippen molar-refractivity contribution < 1.29 is 4.79 Å². The van der Waals surface area contributed by atoms with E-state index >= 15 is 0 Å². The van der Waals surface area contributed by atoms with Crippen LogP contribution in [0, 0.1) is 13.8 Å². The molecule has 0 aliphatic heterocycles. The van der Waals surface area contributed by atoms with Crippen molar-refractivity contribution in [2.24, 2.45) is 0 Å². The SMILES string of the molecule is CCc1cccc(C)c1NC(=O)Cn1nc(-c2ccc(C)cc2)ccc1=O. The van der Waals surface area contributed by atoms with Crippen molar-refractivity contribution in [2.45, 2.75) is 33.7 Å². The molecule has 0 spiro atoms. The third kappa shape index (κ3) is 4.31. The van der Waals surface area contributed by atoms with Crippen LogP contribution in [0.2, 0.25) is 0 Å². The first-order chi connectivity index (χ1) is 13.0. The summed E-state index contributed by atoms with van der Waals surface area (Å²) in [6.45, 7) is 5.88. The average molecular weight is 361 g/mol. The van der Waals surface area contributed by atoms with Gasteiger partial charge in [-0.05, 0) is 37.5 Å². The Labute approximate surface area is 158 Å². The summed E-state index contributed by atoms with van der Waals surface area (Å²) < 4.78 is 1.20. The van der Waals surface area contributed by atoms with Crippen LogP contribution in [-0.2, 0) is 17.8 Å². The third-order valence-corrected chi connectivity index (χ3v) is 4.51. The highest BCUT2D eigenvalue weighted by Crippen LogP contribution is 2.21. The molecule has 0 atom stereocenters. The Balaban J connectivity index is 1.83. The van der Waals surface area contributed by atoms with E-state index in [0.29, 0.717) is 5.69 Å². The molecule has 0 aliphatic rings. The summed E-state index contributed by atoms with van der Waals surface area (Å²) in [5, 5.41) is 7.30. The Bertz CT molecular complexity index is 1020. The molecule has 0 fully saturated rings. The van der Waals surface area contributed by atoms with Gasteiger partial charge in [0.2, 0.25) is 5.91 Å². The Morgan fingerprint density at radius 2 is 1.78 bits per heavy atom. The zero-order valence-corrected chi connectivity index (χ0v) is 15.8. The predicted molar refractivity (Wildman–Crippen MR) is 108 cm³/mol. The van der Waals surface area contributed by atoms with Gasteiger partial charge in [-0.15, -0.1) is 0 Å². The topological polar surface area (TPSA) is 64.0 Å². The lowest BCUT2D eigenvalue weighted by molar-refractivity contribution is -0.117. The number of rotatable bonds is 5. The number of anilines is 1. The van der Waals surface area contributed by atoms with Gasteiger partial charge in [-0.1, -0.05) is 55.0 Å². The first-order valence-corrected chi connectivity index (χ1v) is 9.01. The number of amides is 1. The quantitative estimate of drug-likeness (QED) is 0.753. The molecule has 0 saturated heterocycles. The van der Waals surface area contributed by atoms with Crippen molar-refractivity contribution >= 4 is 11.6 Å². The number of benzene rings is 2. The van der Waals surface area contributed by atoms with E-state index in [-0.39, 0.29) is 18.0 Å². The largest absolute Gasteiger partial charge is 0.324 e. The van der Waals surface area contributed by atoms with Crippen LogP contribution in [-0.4, -0.2) is 15.7 Å². The Kier molecular flexibility index (Phi) is 5.50. The molecule has 0 radical (unpaired) electrons. The molecule has 1 heterocycles. The second kappa shape index (κ2) is 7.99. The van der Waals surface area contributed by atoms with Crippen LogP contribution < -0.4 is 10.9 Å². The fourth-order valence-electron chi connectivity index (χ4n) is 2.96. The smallest absolute Gasteiger partial charge is 0.267 e. The number of nitrogens with zero attached hydrogens (tertiary/aromatic N) is 2. The highest BCUT2D eigenvalue weighted by molar-refractivity contribution is 5.92. The number of aryl methyl sites for hydroxylation is 3. The lowest BCUT2D eigenvalue weighted by Gasteiger charge is -2.13. The molecular weight excluding hydrogens is 338 g/mol. The fourth-order valence-corrected chi connectivity index (χ4v) is 2.96. The summed E-state index contributed by atoms with van der Waals surface area (Å²) in [7, 11) is 0. The molecule has 0 bridgehead atoms. The summed E-state index contributed by atoms with van der Waals surface area (Å²) in [4.78, 5) is 24.7. The van der Waals surface area contributed by atoms with Crippen LogP contribution in [0.3, 0.4) is 0 Å². The molecule has 0 unspecified atom stereocenters. The van der Waals surface area contributed by atoms with Crippen LogP contribution in [0.4, 0.5) is 5.69 Å². The van der Waals surface area contributed by atoms with Gasteiger partial charge in [0.05, 0.1) is 5.69 Å². The van der Waals surface area contributed by atoms with Crippen LogP contribution in [0.25, 0.3) is 11.3 Å². The van der Waals surface area contributed by atoms with E-state index in [2.05, 4.69) is 10.4 Å². The molecule has 27 heavy (non-hydrogen) atoms. The van der Waals surface area contributed by atoms with E-state index in [9.17, 15) is 9.59 Å². The molecule has 2 aromatic carbocycles. The van der Waals surface area contributed by atoms with Crippen molar-refractivity contribution in [3.63, 3.8) is 0 Å². The van der Waals surface area contributed by atoms with E-state index in [1.165, 1.54) is 10.7 Å². The lowest BCUT2D eigenvalue weighted by atomic mass is 10.1. The Morgan fingerprint density at radius 3 is 2.48 bits per heavy atom. The van der Waals surface area contributed by atoms with E-state index < -0.39 is 0 Å². The van der Waals surface area contributed by atoms with Crippen LogP contribution >= 0.6 is 0 Å². The molecule has 0 aliphatic carbocycles. The second-order valence-electron chi connectivity index (χ2n) is 6.59. The molecule has 1 aromatic heterocycles. The zero-order valence-electron chi connectivity index (χ0n) is 15.8.